The van der Waals surface area contributed by atoms with Crippen LogP contribution in [0.5, 0.6) is 0 Å². The molecule has 1 aliphatic rings. The molecule has 0 spiro atoms. The molecule has 7 heteroatoms. The van der Waals surface area contributed by atoms with Crippen LogP contribution in [-0.2, 0) is 4.74 Å². The quantitative estimate of drug-likeness (QED) is 0.278. The van der Waals surface area contributed by atoms with Crippen molar-refractivity contribution in [3.8, 4) is 23.0 Å². The molecule has 3 aromatic rings. The number of carbonyl (C=O) groups excluding carboxylic acids is 1. The lowest BCUT2D eigenvalue weighted by Gasteiger charge is -2.14. The maximum Gasteiger partial charge on any atom is 0.407 e. The molecule has 0 fully saturated rings. The average molecular weight is 427 g/mol. The second-order valence-corrected chi connectivity index (χ2v) is 7.39. The zero-order valence-corrected chi connectivity index (χ0v) is 17.5. The number of aromatic nitrogens is 1. The molecule has 0 saturated carbocycles. The zero-order valence-electron chi connectivity index (χ0n) is 17.5. The molecule has 160 valence electrons. The first-order valence-electron chi connectivity index (χ1n) is 10.2. The summed E-state index contributed by atoms with van der Waals surface area (Å²) in [7, 11) is 0. The first-order chi connectivity index (χ1) is 15.5. The van der Waals surface area contributed by atoms with E-state index in [1.807, 2.05) is 24.3 Å². The van der Waals surface area contributed by atoms with E-state index in [2.05, 4.69) is 46.4 Å². The highest BCUT2D eigenvalue weighted by molar-refractivity contribution is 5.79. The fraction of sp³-hybridized carbons (Fsp3) is 0.200. The maximum absolute atomic E-state index is 12.1. The monoisotopic (exact) mass is 427 g/mol. The molecule has 0 saturated heterocycles. The number of nitro groups is 1. The van der Waals surface area contributed by atoms with E-state index in [1.54, 1.807) is 6.92 Å². The molecule has 0 unspecified atom stereocenters. The highest BCUT2D eigenvalue weighted by atomic mass is 16.6. The van der Waals surface area contributed by atoms with Gasteiger partial charge in [0.2, 0.25) is 0 Å². The minimum absolute atomic E-state index is 0.0118. The van der Waals surface area contributed by atoms with Crippen LogP contribution in [0.3, 0.4) is 0 Å². The van der Waals surface area contributed by atoms with Crippen LogP contribution < -0.4 is 5.32 Å². The lowest BCUT2D eigenvalue weighted by Crippen LogP contribution is -2.26. The van der Waals surface area contributed by atoms with E-state index in [0.29, 0.717) is 24.2 Å². The summed E-state index contributed by atoms with van der Waals surface area (Å²) >= 11 is 0. The third kappa shape index (κ3) is 4.44. The molecular weight excluding hydrogens is 406 g/mol. The molecule has 1 amide bonds. The molecule has 0 radical (unpaired) electrons. The standard InChI is InChI=1S/C25H21N3O4/c1-17-24(28(30)31)14-18(15-27-17)8-6-7-13-26-25(29)32-16-23-21-11-4-2-9-19(21)20-10-3-5-12-22(20)23/h2-5,9-12,14-15,23H,7,13,16H2,1H3,(H,26,29). The Morgan fingerprint density at radius 1 is 1.16 bits per heavy atom. The van der Waals surface area contributed by atoms with Gasteiger partial charge in [-0.05, 0) is 29.2 Å². The Hall–Kier alpha value is -4.18. The Labute approximate surface area is 185 Å². The summed E-state index contributed by atoms with van der Waals surface area (Å²) in [6.07, 6.45) is 1.38. The molecule has 0 aliphatic heterocycles. The van der Waals surface area contributed by atoms with Crippen molar-refractivity contribution >= 4 is 11.8 Å². The van der Waals surface area contributed by atoms with E-state index < -0.39 is 11.0 Å². The molecule has 0 atom stereocenters. The van der Waals surface area contributed by atoms with Crippen molar-refractivity contribution in [1.29, 1.82) is 0 Å². The van der Waals surface area contributed by atoms with E-state index in [4.69, 9.17) is 4.74 Å². The molecule has 32 heavy (non-hydrogen) atoms. The molecule has 1 N–H and O–H groups in total. The van der Waals surface area contributed by atoms with E-state index >= 15 is 0 Å². The number of benzene rings is 2. The van der Waals surface area contributed by atoms with Gasteiger partial charge in [-0.2, -0.15) is 0 Å². The normalized spacial score (nSPS) is 11.7. The first-order valence-corrected chi connectivity index (χ1v) is 10.2. The fourth-order valence-corrected chi connectivity index (χ4v) is 3.82. The van der Waals surface area contributed by atoms with Crippen molar-refractivity contribution < 1.29 is 14.5 Å². The van der Waals surface area contributed by atoms with Gasteiger partial charge in [-0.15, -0.1) is 0 Å². The minimum Gasteiger partial charge on any atom is -0.449 e. The second-order valence-electron chi connectivity index (χ2n) is 7.39. The first kappa shape index (κ1) is 21.1. The van der Waals surface area contributed by atoms with Crippen molar-refractivity contribution in [3.63, 3.8) is 0 Å². The van der Waals surface area contributed by atoms with Crippen LogP contribution in [0, 0.1) is 28.9 Å². The number of amides is 1. The largest absolute Gasteiger partial charge is 0.449 e. The smallest absolute Gasteiger partial charge is 0.407 e. The van der Waals surface area contributed by atoms with Gasteiger partial charge in [0, 0.05) is 36.7 Å². The highest BCUT2D eigenvalue weighted by Gasteiger charge is 2.28. The lowest BCUT2D eigenvalue weighted by molar-refractivity contribution is -0.385. The number of carbonyl (C=O) groups is 1. The van der Waals surface area contributed by atoms with Gasteiger partial charge in [-0.3, -0.25) is 15.1 Å². The Bertz CT molecular complexity index is 1200. The number of hydrogen-bond donors (Lipinski definition) is 1. The van der Waals surface area contributed by atoms with Gasteiger partial charge >= 0.3 is 6.09 Å². The number of hydrogen-bond acceptors (Lipinski definition) is 5. The molecule has 7 nitrogen and oxygen atoms in total. The summed E-state index contributed by atoms with van der Waals surface area (Å²) in [4.78, 5) is 26.6. The van der Waals surface area contributed by atoms with E-state index in [9.17, 15) is 14.9 Å². The summed E-state index contributed by atoms with van der Waals surface area (Å²) in [5.74, 6) is 5.73. The van der Waals surface area contributed by atoms with E-state index in [-0.39, 0.29) is 18.2 Å². The van der Waals surface area contributed by atoms with Crippen LogP contribution in [0.15, 0.2) is 60.8 Å². The Morgan fingerprint density at radius 2 is 1.81 bits per heavy atom. The summed E-state index contributed by atoms with van der Waals surface area (Å²) in [6.45, 7) is 2.14. The van der Waals surface area contributed by atoms with E-state index in [0.717, 1.165) is 11.1 Å². The van der Waals surface area contributed by atoms with Crippen molar-refractivity contribution in [3.05, 3.63) is 93.3 Å². The summed E-state index contributed by atoms with van der Waals surface area (Å²) < 4.78 is 5.48. The number of rotatable bonds is 5. The average Bonchev–Trinajstić information content (AvgIpc) is 3.12. The van der Waals surface area contributed by atoms with Gasteiger partial charge in [0.15, 0.2) is 0 Å². The number of nitrogens with zero attached hydrogens (tertiary/aromatic N) is 2. The highest BCUT2D eigenvalue weighted by Crippen LogP contribution is 2.44. The van der Waals surface area contributed by atoms with Gasteiger partial charge in [0.25, 0.3) is 5.69 Å². The number of aryl methyl sites for hydroxylation is 1. The molecule has 1 aliphatic carbocycles. The van der Waals surface area contributed by atoms with Crippen molar-refractivity contribution in [2.24, 2.45) is 0 Å². The van der Waals surface area contributed by atoms with Gasteiger partial charge in [-0.25, -0.2) is 4.79 Å². The lowest BCUT2D eigenvalue weighted by atomic mass is 9.98. The predicted octanol–water partition coefficient (Wildman–Crippen LogP) is 4.58. The van der Waals surface area contributed by atoms with Crippen LogP contribution in [0.1, 0.15) is 34.7 Å². The SMILES string of the molecule is Cc1ncc(C#CCCNC(=O)OCC2c3ccccc3-c3ccccc32)cc1[N+](=O)[O-]. The summed E-state index contributed by atoms with van der Waals surface area (Å²) in [6, 6.07) is 17.7. The third-order valence-corrected chi connectivity index (χ3v) is 5.35. The number of nitrogens with one attached hydrogen (secondary N) is 1. The molecule has 0 bridgehead atoms. The van der Waals surface area contributed by atoms with Gasteiger partial charge in [0.05, 0.1) is 4.92 Å². The molecular formula is C25H21N3O4. The molecule has 1 aromatic heterocycles. The van der Waals surface area contributed by atoms with Crippen LogP contribution in [0.25, 0.3) is 11.1 Å². The van der Waals surface area contributed by atoms with Crippen molar-refractivity contribution in [2.45, 2.75) is 19.3 Å². The zero-order chi connectivity index (χ0) is 22.5. The minimum atomic E-state index is -0.499. The van der Waals surface area contributed by atoms with Gasteiger partial charge in [-0.1, -0.05) is 60.4 Å². The number of ether oxygens (including phenoxy) is 1. The van der Waals surface area contributed by atoms with Gasteiger partial charge in [0.1, 0.15) is 12.3 Å². The van der Waals surface area contributed by atoms with E-state index in [1.165, 1.54) is 23.4 Å². The van der Waals surface area contributed by atoms with Crippen LogP contribution in [0.2, 0.25) is 0 Å². The Kier molecular flexibility index (Phi) is 6.13. The Morgan fingerprint density at radius 3 is 2.47 bits per heavy atom. The number of pyridine rings is 1. The van der Waals surface area contributed by atoms with Crippen LogP contribution in [-0.4, -0.2) is 29.2 Å². The number of fused-ring (bicyclic) bond motifs is 3. The Balaban J connectivity index is 1.29. The summed E-state index contributed by atoms with van der Waals surface area (Å²) in [5, 5.41) is 13.7. The maximum atomic E-state index is 12.1. The van der Waals surface area contributed by atoms with Gasteiger partial charge < -0.3 is 10.1 Å². The molecule has 2 aromatic carbocycles. The summed E-state index contributed by atoms with van der Waals surface area (Å²) in [5.41, 5.74) is 5.42. The second kappa shape index (κ2) is 9.31. The van der Waals surface area contributed by atoms with Crippen LogP contribution >= 0.6 is 0 Å². The predicted molar refractivity (Wildman–Crippen MR) is 120 cm³/mol. The van der Waals surface area contributed by atoms with Crippen molar-refractivity contribution in [2.75, 3.05) is 13.2 Å². The fourth-order valence-electron chi connectivity index (χ4n) is 3.82. The number of alkyl carbamates (subject to hydrolysis) is 1. The third-order valence-electron chi connectivity index (χ3n) is 5.35. The topological polar surface area (TPSA) is 94.4 Å². The van der Waals surface area contributed by atoms with Crippen molar-refractivity contribution in [1.82, 2.24) is 10.3 Å². The molecule has 1 heterocycles. The molecule has 4 rings (SSSR count). The van der Waals surface area contributed by atoms with Crippen LogP contribution in [0.4, 0.5) is 10.5 Å².